The average molecular weight is 355 g/mol. The highest BCUT2D eigenvalue weighted by Crippen LogP contribution is 2.21. The number of aliphatic hydroxyl groups is 1. The van der Waals surface area contributed by atoms with Crippen LogP contribution in [0.3, 0.4) is 0 Å². The van der Waals surface area contributed by atoms with Gasteiger partial charge in [0.25, 0.3) is 0 Å². The van der Waals surface area contributed by atoms with E-state index < -0.39 is 6.04 Å². The predicted molar refractivity (Wildman–Crippen MR) is 101 cm³/mol. The molecule has 0 aliphatic carbocycles. The number of aromatic nitrogens is 2. The number of aromatic amines is 1. The van der Waals surface area contributed by atoms with Crippen LogP contribution in [0, 0.1) is 11.3 Å². The highest BCUT2D eigenvalue weighted by atomic mass is 16.3. The van der Waals surface area contributed by atoms with Gasteiger partial charge in [-0.1, -0.05) is 12.1 Å². The molecule has 0 spiro atoms. The Morgan fingerprint density at radius 3 is 2.65 bits per heavy atom. The Hall–Kier alpha value is -2.85. The van der Waals surface area contributed by atoms with Gasteiger partial charge in [0.2, 0.25) is 5.91 Å². The molecule has 0 bridgehead atoms. The predicted octanol–water partition coefficient (Wildman–Crippen LogP) is 2.59. The fraction of sp³-hybridized carbons (Fsp3) is 0.421. The molecule has 2 rings (SSSR count). The fourth-order valence-corrected chi connectivity index (χ4v) is 2.54. The molecule has 1 atom stereocenters. The smallest absolute Gasteiger partial charge is 0.234 e. The van der Waals surface area contributed by atoms with Gasteiger partial charge < -0.3 is 15.4 Å². The van der Waals surface area contributed by atoms with Gasteiger partial charge in [-0.15, -0.1) is 0 Å². The number of likely N-dealkylation sites (N-methyl/N-ethyl adjacent to an activating group) is 1. The molecule has 2 aromatic rings. The van der Waals surface area contributed by atoms with Crippen LogP contribution in [0.25, 0.3) is 16.6 Å². The summed E-state index contributed by atoms with van der Waals surface area (Å²) in [6, 6.07) is 8.89. The van der Waals surface area contributed by atoms with Crippen LogP contribution in [0.5, 0.6) is 0 Å². The van der Waals surface area contributed by atoms with E-state index in [4.69, 9.17) is 0 Å². The second-order valence-corrected chi connectivity index (χ2v) is 7.36. The quantitative estimate of drug-likeness (QED) is 0.565. The first-order valence-corrected chi connectivity index (χ1v) is 8.42. The maximum atomic E-state index is 12.1. The lowest BCUT2D eigenvalue weighted by Crippen LogP contribution is -2.47. The van der Waals surface area contributed by atoms with E-state index in [-0.39, 0.29) is 29.3 Å². The van der Waals surface area contributed by atoms with Crippen molar-refractivity contribution in [1.82, 2.24) is 20.2 Å². The molecule has 7 heteroatoms. The van der Waals surface area contributed by atoms with Crippen molar-refractivity contribution in [2.75, 3.05) is 13.6 Å². The molecule has 1 aromatic heterocycles. The van der Waals surface area contributed by atoms with Gasteiger partial charge in [0, 0.05) is 5.54 Å². The van der Waals surface area contributed by atoms with Gasteiger partial charge in [0.05, 0.1) is 23.6 Å². The van der Waals surface area contributed by atoms with Crippen molar-refractivity contribution >= 4 is 22.5 Å². The molecule has 1 amide bonds. The summed E-state index contributed by atoms with van der Waals surface area (Å²) in [7, 11) is 1.72. The van der Waals surface area contributed by atoms with Crippen LogP contribution in [0.15, 0.2) is 30.0 Å². The van der Waals surface area contributed by atoms with Gasteiger partial charge in [-0.2, -0.15) is 5.26 Å². The maximum Gasteiger partial charge on any atom is 0.234 e. The van der Waals surface area contributed by atoms with Crippen molar-refractivity contribution in [2.24, 2.45) is 0 Å². The van der Waals surface area contributed by atoms with Crippen molar-refractivity contribution in [3.8, 4) is 6.07 Å². The Bertz CT molecular complexity index is 837. The number of nitrogens with zero attached hydrogens (tertiary/aromatic N) is 3. The van der Waals surface area contributed by atoms with Crippen LogP contribution in [0.1, 0.15) is 33.5 Å². The number of amides is 1. The monoisotopic (exact) mass is 355 g/mol. The topological polar surface area (TPSA) is 105 Å². The lowest BCUT2D eigenvalue weighted by Gasteiger charge is -2.27. The first-order valence-electron chi connectivity index (χ1n) is 8.42. The third-order valence-corrected chi connectivity index (χ3v) is 3.96. The summed E-state index contributed by atoms with van der Waals surface area (Å²) in [6.07, 6.45) is 0. The molecule has 0 radical (unpaired) electrons. The van der Waals surface area contributed by atoms with Crippen molar-refractivity contribution in [1.29, 1.82) is 5.26 Å². The molecule has 26 heavy (non-hydrogen) atoms. The number of hydrogen-bond donors (Lipinski definition) is 3. The van der Waals surface area contributed by atoms with Crippen LogP contribution in [-0.4, -0.2) is 51.1 Å². The molecular formula is C19H25N5O2. The molecule has 0 saturated carbocycles. The van der Waals surface area contributed by atoms with Gasteiger partial charge in [0.15, 0.2) is 5.82 Å². The van der Waals surface area contributed by atoms with Crippen LogP contribution in [0.2, 0.25) is 0 Å². The number of H-pyrrole nitrogens is 1. The minimum Gasteiger partial charge on any atom is -0.509 e. The summed E-state index contributed by atoms with van der Waals surface area (Å²) >= 11 is 0. The van der Waals surface area contributed by atoms with Gasteiger partial charge in [0.1, 0.15) is 17.4 Å². The number of aliphatic hydroxyl groups excluding tert-OH is 1. The highest BCUT2D eigenvalue weighted by Gasteiger charge is 2.23. The summed E-state index contributed by atoms with van der Waals surface area (Å²) in [5.74, 6) is 0.0325. The first-order chi connectivity index (χ1) is 12.1. The van der Waals surface area contributed by atoms with E-state index in [0.29, 0.717) is 11.3 Å². The van der Waals surface area contributed by atoms with Gasteiger partial charge in [-0.05, 0) is 46.9 Å². The summed E-state index contributed by atoms with van der Waals surface area (Å²) in [4.78, 5) is 21.2. The molecule has 0 saturated heterocycles. The molecular weight excluding hydrogens is 330 g/mol. The van der Waals surface area contributed by atoms with Crippen LogP contribution < -0.4 is 5.32 Å². The third kappa shape index (κ3) is 4.61. The Morgan fingerprint density at radius 1 is 1.42 bits per heavy atom. The lowest BCUT2D eigenvalue weighted by atomic mass is 10.1. The number of benzene rings is 1. The molecule has 1 heterocycles. The minimum absolute atomic E-state index is 0.0665. The van der Waals surface area contributed by atoms with Crippen LogP contribution in [-0.2, 0) is 4.79 Å². The fourth-order valence-electron chi connectivity index (χ4n) is 2.54. The maximum absolute atomic E-state index is 12.1. The third-order valence-electron chi connectivity index (χ3n) is 3.96. The zero-order valence-corrected chi connectivity index (χ0v) is 15.8. The molecule has 0 fully saturated rings. The highest BCUT2D eigenvalue weighted by molar-refractivity contribution is 5.83. The van der Waals surface area contributed by atoms with E-state index in [0.717, 1.165) is 5.52 Å². The Morgan fingerprint density at radius 2 is 2.08 bits per heavy atom. The summed E-state index contributed by atoms with van der Waals surface area (Å²) in [5.41, 5.74) is 1.24. The number of hydrogen-bond acceptors (Lipinski definition) is 5. The Kier molecular flexibility index (Phi) is 5.68. The molecule has 0 unspecified atom stereocenters. The zero-order valence-electron chi connectivity index (χ0n) is 15.8. The number of allylic oxidation sites excluding steroid dienone is 1. The van der Waals surface area contributed by atoms with Crippen LogP contribution >= 0.6 is 0 Å². The number of nitriles is 1. The number of carbonyl (C=O) groups excluding carboxylic acids is 1. The molecule has 7 nitrogen and oxygen atoms in total. The number of imidazole rings is 1. The second-order valence-electron chi connectivity index (χ2n) is 7.36. The van der Waals surface area contributed by atoms with E-state index in [1.54, 1.807) is 18.9 Å². The number of fused-ring (bicyclic) bond motifs is 1. The average Bonchev–Trinajstić information content (AvgIpc) is 2.96. The van der Waals surface area contributed by atoms with Gasteiger partial charge in [-0.25, -0.2) is 4.98 Å². The zero-order chi connectivity index (χ0) is 19.5. The Labute approximate surface area is 153 Å². The van der Waals surface area contributed by atoms with Crippen LogP contribution in [0.4, 0.5) is 0 Å². The van der Waals surface area contributed by atoms with Gasteiger partial charge >= 0.3 is 0 Å². The second kappa shape index (κ2) is 7.58. The first kappa shape index (κ1) is 19.5. The SMILES string of the molecule is C[C@@H](/C(O)=C(\C#N)c1nc2ccccc2[nH]1)N(C)CC(=O)NC(C)(C)C. The molecule has 3 N–H and O–H groups in total. The number of nitrogens with one attached hydrogen (secondary N) is 2. The van der Waals surface area contributed by atoms with E-state index in [2.05, 4.69) is 15.3 Å². The van der Waals surface area contributed by atoms with E-state index in [1.807, 2.05) is 51.1 Å². The molecule has 0 aliphatic rings. The van der Waals surface area contributed by atoms with Crippen molar-refractivity contribution < 1.29 is 9.90 Å². The molecule has 0 aliphatic heterocycles. The number of para-hydroxylation sites is 2. The summed E-state index contributed by atoms with van der Waals surface area (Å²) in [5, 5.41) is 23.0. The number of rotatable bonds is 5. The van der Waals surface area contributed by atoms with E-state index in [9.17, 15) is 15.2 Å². The van der Waals surface area contributed by atoms with Crippen molar-refractivity contribution in [2.45, 2.75) is 39.3 Å². The largest absolute Gasteiger partial charge is 0.509 e. The minimum atomic E-state index is -0.524. The van der Waals surface area contributed by atoms with E-state index >= 15 is 0 Å². The molecule has 138 valence electrons. The summed E-state index contributed by atoms with van der Waals surface area (Å²) in [6.45, 7) is 7.55. The van der Waals surface area contributed by atoms with E-state index in [1.165, 1.54) is 0 Å². The standard InChI is InChI=1S/C19H25N5O2/c1-12(24(5)11-16(25)23-19(2,3)4)17(26)13(10-20)18-21-14-8-6-7-9-15(14)22-18/h6-9,12,26H,11H2,1-5H3,(H,21,22)(H,23,25)/b17-13-/t12-/m0/s1. The lowest BCUT2D eigenvalue weighted by molar-refractivity contribution is -0.123. The van der Waals surface area contributed by atoms with Gasteiger partial charge in [-0.3, -0.25) is 9.69 Å². The normalized spacial score (nSPS) is 14.0. The van der Waals surface area contributed by atoms with Crippen molar-refractivity contribution in [3.63, 3.8) is 0 Å². The van der Waals surface area contributed by atoms with Crippen molar-refractivity contribution in [3.05, 3.63) is 35.8 Å². The Balaban J connectivity index is 2.23. The summed E-state index contributed by atoms with van der Waals surface area (Å²) < 4.78 is 0. The number of carbonyl (C=O) groups is 1. The molecule has 1 aromatic carbocycles.